The number of carbonyl (C=O) groups is 2. The summed E-state index contributed by atoms with van der Waals surface area (Å²) >= 11 is 11.9. The smallest absolute Gasteiger partial charge is 0.340 e. The molecule has 2 rings (SSSR count). The fourth-order valence-corrected chi connectivity index (χ4v) is 2.73. The van der Waals surface area contributed by atoms with Gasteiger partial charge < -0.3 is 10.1 Å². The Kier molecular flexibility index (Phi) is 6.54. The molecule has 0 bridgehead atoms. The molecule has 1 atom stereocenters. The van der Waals surface area contributed by atoms with Crippen molar-refractivity contribution < 1.29 is 19.2 Å². The van der Waals surface area contributed by atoms with E-state index in [-0.39, 0.29) is 22.3 Å². The summed E-state index contributed by atoms with van der Waals surface area (Å²) in [6, 6.07) is 10.0. The number of esters is 1. The van der Waals surface area contributed by atoms with Crippen LogP contribution in [0.15, 0.2) is 42.5 Å². The predicted octanol–water partition coefficient (Wildman–Crippen LogP) is 3.94. The van der Waals surface area contributed by atoms with Gasteiger partial charge in [-0.1, -0.05) is 41.4 Å². The number of amides is 1. The van der Waals surface area contributed by atoms with Crippen molar-refractivity contribution in [1.82, 2.24) is 5.32 Å². The molecular formula is C17H14Cl2N2O5. The lowest BCUT2D eigenvalue weighted by molar-refractivity contribution is -0.384. The summed E-state index contributed by atoms with van der Waals surface area (Å²) in [7, 11) is 0. The van der Waals surface area contributed by atoms with E-state index in [2.05, 4.69) is 5.32 Å². The molecule has 1 N–H and O–H groups in total. The average molecular weight is 397 g/mol. The molecule has 0 heterocycles. The molecule has 0 spiro atoms. The summed E-state index contributed by atoms with van der Waals surface area (Å²) in [6.07, 6.45) is 0. The number of non-ortho nitro benzene ring substituents is 1. The van der Waals surface area contributed by atoms with Gasteiger partial charge >= 0.3 is 5.97 Å². The lowest BCUT2D eigenvalue weighted by Crippen LogP contribution is -2.31. The number of benzene rings is 2. The molecule has 0 saturated heterocycles. The zero-order chi connectivity index (χ0) is 19.3. The Morgan fingerprint density at radius 3 is 2.50 bits per heavy atom. The van der Waals surface area contributed by atoms with E-state index in [1.54, 1.807) is 31.2 Å². The molecule has 136 valence electrons. The number of nitrogens with one attached hydrogen (secondary N) is 1. The van der Waals surface area contributed by atoms with Crippen LogP contribution in [0.2, 0.25) is 10.0 Å². The van der Waals surface area contributed by atoms with Crippen molar-refractivity contribution in [3.8, 4) is 0 Å². The van der Waals surface area contributed by atoms with Crippen molar-refractivity contribution in [1.29, 1.82) is 0 Å². The van der Waals surface area contributed by atoms with Gasteiger partial charge in [-0.05, 0) is 24.6 Å². The van der Waals surface area contributed by atoms with Gasteiger partial charge in [0.2, 0.25) is 0 Å². The van der Waals surface area contributed by atoms with Gasteiger partial charge in [-0.25, -0.2) is 4.79 Å². The second kappa shape index (κ2) is 8.64. The SMILES string of the molecule is C[C@@H](NC(=O)COC(=O)c1ccc([N+](=O)[O-])cc1Cl)c1ccccc1Cl. The molecule has 26 heavy (non-hydrogen) atoms. The minimum absolute atomic E-state index is 0.0655. The molecule has 7 nitrogen and oxygen atoms in total. The van der Waals surface area contributed by atoms with Crippen LogP contribution in [0.4, 0.5) is 5.69 Å². The molecule has 0 radical (unpaired) electrons. The van der Waals surface area contributed by atoms with Gasteiger partial charge in [0.05, 0.1) is 21.6 Å². The van der Waals surface area contributed by atoms with Crippen LogP contribution in [0.1, 0.15) is 28.9 Å². The summed E-state index contributed by atoms with van der Waals surface area (Å²) in [5, 5.41) is 13.7. The Balaban J connectivity index is 1.94. The topological polar surface area (TPSA) is 98.5 Å². The number of hydrogen-bond acceptors (Lipinski definition) is 5. The lowest BCUT2D eigenvalue weighted by Gasteiger charge is -2.15. The first-order chi connectivity index (χ1) is 12.3. The van der Waals surface area contributed by atoms with Crippen molar-refractivity contribution in [3.63, 3.8) is 0 Å². The second-order valence-corrected chi connectivity index (χ2v) is 6.12. The summed E-state index contributed by atoms with van der Waals surface area (Å²) in [5.41, 5.74) is 0.411. The Bertz CT molecular complexity index is 857. The van der Waals surface area contributed by atoms with Gasteiger partial charge in [0.1, 0.15) is 0 Å². The molecule has 0 fully saturated rings. The first kappa shape index (κ1) is 19.7. The Labute approximate surface area is 159 Å². The fraction of sp³-hybridized carbons (Fsp3) is 0.176. The van der Waals surface area contributed by atoms with E-state index in [9.17, 15) is 19.7 Å². The fourth-order valence-electron chi connectivity index (χ4n) is 2.18. The maximum Gasteiger partial charge on any atom is 0.340 e. The van der Waals surface area contributed by atoms with Crippen LogP contribution >= 0.6 is 23.2 Å². The number of rotatable bonds is 6. The Morgan fingerprint density at radius 1 is 1.19 bits per heavy atom. The Morgan fingerprint density at radius 2 is 1.88 bits per heavy atom. The van der Waals surface area contributed by atoms with E-state index in [4.69, 9.17) is 27.9 Å². The number of nitro groups is 1. The van der Waals surface area contributed by atoms with E-state index in [1.807, 2.05) is 0 Å². The first-order valence-electron chi connectivity index (χ1n) is 7.44. The number of carbonyl (C=O) groups excluding carboxylic acids is 2. The van der Waals surface area contributed by atoms with Crippen LogP contribution < -0.4 is 5.32 Å². The van der Waals surface area contributed by atoms with Crippen molar-refractivity contribution in [2.45, 2.75) is 13.0 Å². The van der Waals surface area contributed by atoms with Crippen LogP contribution in [0.3, 0.4) is 0 Å². The van der Waals surface area contributed by atoms with Crippen LogP contribution in [-0.2, 0) is 9.53 Å². The standard InChI is InChI=1S/C17H14Cl2N2O5/c1-10(12-4-2-3-5-14(12)18)20-16(22)9-26-17(23)13-7-6-11(21(24)25)8-15(13)19/h2-8,10H,9H2,1H3,(H,20,22)/t10-/m1/s1. The Hall–Kier alpha value is -2.64. The van der Waals surface area contributed by atoms with Crippen molar-refractivity contribution in [3.05, 3.63) is 73.8 Å². The zero-order valence-corrected chi connectivity index (χ0v) is 15.1. The van der Waals surface area contributed by atoms with Crippen LogP contribution in [0.25, 0.3) is 0 Å². The van der Waals surface area contributed by atoms with Gasteiger partial charge in [-0.15, -0.1) is 0 Å². The maximum absolute atomic E-state index is 12.0. The maximum atomic E-state index is 12.0. The monoisotopic (exact) mass is 396 g/mol. The molecular weight excluding hydrogens is 383 g/mol. The first-order valence-corrected chi connectivity index (χ1v) is 8.20. The van der Waals surface area contributed by atoms with E-state index in [0.29, 0.717) is 5.02 Å². The molecule has 0 unspecified atom stereocenters. The third-order valence-corrected chi connectivity index (χ3v) is 4.12. The average Bonchev–Trinajstić information content (AvgIpc) is 2.59. The van der Waals surface area contributed by atoms with Crippen molar-refractivity contribution >= 4 is 40.8 Å². The molecule has 0 aliphatic rings. The molecule has 9 heteroatoms. The van der Waals surface area contributed by atoms with E-state index < -0.39 is 23.4 Å². The number of nitrogens with zero attached hydrogens (tertiary/aromatic N) is 1. The number of nitro benzene ring substituents is 1. The molecule has 2 aromatic rings. The van der Waals surface area contributed by atoms with Gasteiger partial charge in [0.25, 0.3) is 11.6 Å². The number of hydrogen-bond donors (Lipinski definition) is 1. The highest BCUT2D eigenvalue weighted by Gasteiger charge is 2.18. The van der Waals surface area contributed by atoms with Crippen LogP contribution in [0, 0.1) is 10.1 Å². The van der Waals surface area contributed by atoms with Gasteiger partial charge in [-0.2, -0.15) is 0 Å². The number of halogens is 2. The van der Waals surface area contributed by atoms with E-state index in [0.717, 1.165) is 17.7 Å². The molecule has 1 amide bonds. The van der Waals surface area contributed by atoms with Crippen molar-refractivity contribution in [2.24, 2.45) is 0 Å². The third kappa shape index (κ3) is 4.93. The quantitative estimate of drug-likeness (QED) is 0.452. The van der Waals surface area contributed by atoms with Crippen LogP contribution in [0.5, 0.6) is 0 Å². The highest BCUT2D eigenvalue weighted by molar-refractivity contribution is 6.33. The van der Waals surface area contributed by atoms with Gasteiger partial charge in [0, 0.05) is 17.2 Å². The molecule has 0 saturated carbocycles. The lowest BCUT2D eigenvalue weighted by atomic mass is 10.1. The molecule has 2 aromatic carbocycles. The summed E-state index contributed by atoms with van der Waals surface area (Å²) in [4.78, 5) is 34.0. The summed E-state index contributed by atoms with van der Waals surface area (Å²) < 4.78 is 4.90. The van der Waals surface area contributed by atoms with E-state index in [1.165, 1.54) is 6.07 Å². The molecule has 0 aliphatic heterocycles. The highest BCUT2D eigenvalue weighted by atomic mass is 35.5. The largest absolute Gasteiger partial charge is 0.452 e. The minimum Gasteiger partial charge on any atom is -0.452 e. The summed E-state index contributed by atoms with van der Waals surface area (Å²) in [5.74, 6) is -1.38. The van der Waals surface area contributed by atoms with Gasteiger partial charge in [0.15, 0.2) is 6.61 Å². The normalized spacial score (nSPS) is 11.5. The van der Waals surface area contributed by atoms with Gasteiger partial charge in [-0.3, -0.25) is 14.9 Å². The third-order valence-electron chi connectivity index (χ3n) is 3.47. The molecule has 0 aromatic heterocycles. The summed E-state index contributed by atoms with van der Waals surface area (Å²) in [6.45, 7) is 1.22. The van der Waals surface area contributed by atoms with E-state index >= 15 is 0 Å². The highest BCUT2D eigenvalue weighted by Crippen LogP contribution is 2.24. The zero-order valence-electron chi connectivity index (χ0n) is 13.6. The number of ether oxygens (including phenoxy) is 1. The van der Waals surface area contributed by atoms with Crippen LogP contribution in [-0.4, -0.2) is 23.4 Å². The van der Waals surface area contributed by atoms with Crippen molar-refractivity contribution in [2.75, 3.05) is 6.61 Å². The predicted molar refractivity (Wildman–Crippen MR) is 96.4 cm³/mol. The molecule has 0 aliphatic carbocycles. The second-order valence-electron chi connectivity index (χ2n) is 5.31. The minimum atomic E-state index is -0.856.